The fraction of sp³-hybridized carbons (Fsp3) is 0.625. The molecular formula is C24H36N6O6. The van der Waals surface area contributed by atoms with Crippen molar-refractivity contribution in [2.75, 3.05) is 19.7 Å². The first kappa shape index (κ1) is 28.8. The summed E-state index contributed by atoms with van der Waals surface area (Å²) < 4.78 is 5.04. The van der Waals surface area contributed by atoms with E-state index in [1.807, 2.05) is 13.8 Å². The van der Waals surface area contributed by atoms with Crippen LogP contribution in [-0.2, 0) is 23.9 Å². The molecule has 0 bridgehead atoms. The van der Waals surface area contributed by atoms with E-state index in [2.05, 4.69) is 26.0 Å². The summed E-state index contributed by atoms with van der Waals surface area (Å²) in [4.78, 5) is 70.2. The van der Waals surface area contributed by atoms with Gasteiger partial charge in [0.1, 0.15) is 6.04 Å². The topological polar surface area (TPSA) is 160 Å². The highest BCUT2D eigenvalue weighted by molar-refractivity contribution is 5.95. The van der Waals surface area contributed by atoms with Gasteiger partial charge in [-0.05, 0) is 24.7 Å². The van der Waals surface area contributed by atoms with Crippen LogP contribution in [0.4, 0.5) is 0 Å². The molecule has 3 amide bonds. The van der Waals surface area contributed by atoms with Crippen LogP contribution in [0.1, 0.15) is 63.9 Å². The van der Waals surface area contributed by atoms with Crippen molar-refractivity contribution in [1.29, 1.82) is 0 Å². The van der Waals surface area contributed by atoms with Gasteiger partial charge in [-0.2, -0.15) is 0 Å². The number of nitrogens with zero attached hydrogens (tertiary/aromatic N) is 3. The lowest BCUT2D eigenvalue weighted by molar-refractivity contribution is -0.147. The van der Waals surface area contributed by atoms with Crippen LogP contribution in [0, 0.1) is 11.8 Å². The highest BCUT2D eigenvalue weighted by atomic mass is 16.5. The molecule has 2 rings (SSSR count). The summed E-state index contributed by atoms with van der Waals surface area (Å²) in [6.45, 7) is 7.54. The minimum atomic E-state index is -0.915. The number of amides is 3. The van der Waals surface area contributed by atoms with Gasteiger partial charge in [-0.1, -0.05) is 27.7 Å². The normalized spacial score (nSPS) is 16.4. The molecule has 2 atom stereocenters. The zero-order valence-electron chi connectivity index (χ0n) is 21.3. The summed E-state index contributed by atoms with van der Waals surface area (Å²) in [5.74, 6) is -2.28. The van der Waals surface area contributed by atoms with Gasteiger partial charge in [0.05, 0.1) is 12.2 Å². The Balaban J connectivity index is 1.94. The molecule has 3 N–H and O–H groups in total. The molecule has 12 nitrogen and oxygen atoms in total. The number of aromatic nitrogens is 2. The number of hydrogen-bond acceptors (Lipinski definition) is 9. The second kappa shape index (κ2) is 14.2. The number of rotatable bonds is 12. The molecule has 198 valence electrons. The number of ether oxygens (including phenoxy) is 1. The Bertz CT molecular complexity index is 923. The second-order valence-corrected chi connectivity index (χ2v) is 9.39. The van der Waals surface area contributed by atoms with Crippen LogP contribution >= 0.6 is 0 Å². The molecule has 1 saturated heterocycles. The van der Waals surface area contributed by atoms with E-state index in [1.165, 1.54) is 23.6 Å². The van der Waals surface area contributed by atoms with Gasteiger partial charge < -0.3 is 15.4 Å². The van der Waals surface area contributed by atoms with Crippen LogP contribution in [0.25, 0.3) is 0 Å². The molecule has 1 aromatic heterocycles. The maximum absolute atomic E-state index is 13.1. The zero-order valence-corrected chi connectivity index (χ0v) is 21.3. The third-order valence-electron chi connectivity index (χ3n) is 5.50. The van der Waals surface area contributed by atoms with E-state index < -0.39 is 36.4 Å². The van der Waals surface area contributed by atoms with Gasteiger partial charge in [-0.15, -0.1) is 0 Å². The number of carbonyl (C=O) groups excluding carboxylic acids is 5. The molecule has 1 aliphatic rings. The number of nitrogens with one attached hydrogen (secondary N) is 3. The third-order valence-corrected chi connectivity index (χ3v) is 5.50. The first-order valence-electron chi connectivity index (χ1n) is 12.2. The van der Waals surface area contributed by atoms with Gasteiger partial charge in [-0.25, -0.2) is 15.2 Å². The number of Topliss-reactive ketones (excluding diaryl/α,β-unsaturated/α-hetero) is 1. The highest BCUT2D eigenvalue weighted by Crippen LogP contribution is 2.14. The quantitative estimate of drug-likeness (QED) is 0.342. The van der Waals surface area contributed by atoms with Crippen molar-refractivity contribution in [3.05, 3.63) is 24.3 Å². The first-order chi connectivity index (χ1) is 17.1. The molecule has 1 aliphatic heterocycles. The lowest BCUT2D eigenvalue weighted by Gasteiger charge is -2.36. The smallest absolute Gasteiger partial charge is 0.358 e. The van der Waals surface area contributed by atoms with Crippen molar-refractivity contribution in [3.8, 4) is 0 Å². The molecule has 2 heterocycles. The summed E-state index contributed by atoms with van der Waals surface area (Å²) >= 11 is 0. The SMILES string of the molecule is CC(C)CC(=O)NCCC(=O)N1NCCCC1C(=O)NC(C(=O)COC(=O)c1cnccn1)C(C)C. The Morgan fingerprint density at radius 3 is 2.56 bits per heavy atom. The summed E-state index contributed by atoms with van der Waals surface area (Å²) in [7, 11) is 0. The van der Waals surface area contributed by atoms with Gasteiger partial charge in [0.15, 0.2) is 18.1 Å². The molecule has 1 fully saturated rings. The molecule has 36 heavy (non-hydrogen) atoms. The molecule has 0 saturated carbocycles. The van der Waals surface area contributed by atoms with Crippen LogP contribution in [0.5, 0.6) is 0 Å². The predicted octanol–water partition coefficient (Wildman–Crippen LogP) is 0.391. The Morgan fingerprint density at radius 1 is 1.17 bits per heavy atom. The van der Waals surface area contributed by atoms with Crippen molar-refractivity contribution in [1.82, 2.24) is 31.0 Å². The molecule has 12 heteroatoms. The largest absolute Gasteiger partial charge is 0.453 e. The summed E-state index contributed by atoms with van der Waals surface area (Å²) in [6.07, 6.45) is 5.47. The van der Waals surface area contributed by atoms with Crippen LogP contribution < -0.4 is 16.1 Å². The van der Waals surface area contributed by atoms with E-state index in [0.29, 0.717) is 25.8 Å². The molecule has 1 aromatic rings. The van der Waals surface area contributed by atoms with Gasteiger partial charge in [0, 0.05) is 38.3 Å². The summed E-state index contributed by atoms with van der Waals surface area (Å²) in [6, 6.07) is -1.73. The van der Waals surface area contributed by atoms with E-state index in [4.69, 9.17) is 4.74 Å². The molecule has 0 aliphatic carbocycles. The van der Waals surface area contributed by atoms with Crippen LogP contribution in [-0.4, -0.2) is 76.2 Å². The van der Waals surface area contributed by atoms with E-state index in [9.17, 15) is 24.0 Å². The maximum atomic E-state index is 13.1. The van der Waals surface area contributed by atoms with Crippen molar-refractivity contribution in [3.63, 3.8) is 0 Å². The zero-order chi connectivity index (χ0) is 26.7. The Hall–Kier alpha value is -3.41. The number of carbonyl (C=O) groups is 5. The Labute approximate surface area is 210 Å². The van der Waals surface area contributed by atoms with E-state index >= 15 is 0 Å². The van der Waals surface area contributed by atoms with Crippen molar-refractivity contribution in [2.45, 2.75) is 65.5 Å². The van der Waals surface area contributed by atoms with E-state index in [-0.39, 0.29) is 42.3 Å². The molecule has 0 spiro atoms. The van der Waals surface area contributed by atoms with Gasteiger partial charge >= 0.3 is 5.97 Å². The first-order valence-corrected chi connectivity index (χ1v) is 12.2. The minimum Gasteiger partial charge on any atom is -0.453 e. The minimum absolute atomic E-state index is 0.0294. The number of hydrogen-bond donors (Lipinski definition) is 3. The van der Waals surface area contributed by atoms with E-state index in [1.54, 1.807) is 13.8 Å². The summed E-state index contributed by atoms with van der Waals surface area (Å²) in [5.41, 5.74) is 2.92. The average Bonchev–Trinajstić information content (AvgIpc) is 2.85. The standard InChI is InChI=1S/C24H36N6O6/c1-15(2)12-20(32)27-9-7-21(33)30-18(6-5-8-28-30)23(34)29-22(16(3)4)19(31)14-36-24(35)17-13-25-10-11-26-17/h10-11,13,15-16,18,22,28H,5-9,12,14H2,1-4H3,(H,27,32)(H,29,34). The monoisotopic (exact) mass is 504 g/mol. The fourth-order valence-corrected chi connectivity index (χ4v) is 3.69. The average molecular weight is 505 g/mol. The molecule has 2 unspecified atom stereocenters. The molecule has 0 radical (unpaired) electrons. The van der Waals surface area contributed by atoms with Crippen molar-refractivity contribution < 1.29 is 28.7 Å². The van der Waals surface area contributed by atoms with Gasteiger partial charge in [0.2, 0.25) is 17.7 Å². The summed E-state index contributed by atoms with van der Waals surface area (Å²) in [5, 5.41) is 6.72. The van der Waals surface area contributed by atoms with Crippen LogP contribution in [0.15, 0.2) is 18.6 Å². The number of esters is 1. The van der Waals surface area contributed by atoms with Crippen LogP contribution in [0.3, 0.4) is 0 Å². The highest BCUT2D eigenvalue weighted by Gasteiger charge is 2.35. The number of hydrazine groups is 1. The number of ketones is 1. The molecular weight excluding hydrogens is 468 g/mol. The fourth-order valence-electron chi connectivity index (χ4n) is 3.69. The van der Waals surface area contributed by atoms with Crippen LogP contribution in [0.2, 0.25) is 0 Å². The molecule has 0 aromatic carbocycles. The van der Waals surface area contributed by atoms with Crippen molar-refractivity contribution >= 4 is 29.5 Å². The van der Waals surface area contributed by atoms with Gasteiger partial charge in [-0.3, -0.25) is 29.2 Å². The lowest BCUT2D eigenvalue weighted by atomic mass is 9.98. The Kier molecular flexibility index (Phi) is 11.4. The van der Waals surface area contributed by atoms with Crippen molar-refractivity contribution in [2.24, 2.45) is 11.8 Å². The van der Waals surface area contributed by atoms with Gasteiger partial charge in [0.25, 0.3) is 0 Å². The third kappa shape index (κ3) is 8.99. The Morgan fingerprint density at radius 2 is 1.92 bits per heavy atom. The van der Waals surface area contributed by atoms with E-state index in [0.717, 1.165) is 0 Å². The lowest BCUT2D eigenvalue weighted by Crippen LogP contribution is -2.61. The second-order valence-electron chi connectivity index (χ2n) is 9.39. The predicted molar refractivity (Wildman–Crippen MR) is 129 cm³/mol. The maximum Gasteiger partial charge on any atom is 0.358 e.